The SMILES string of the molecule is C/C=C/c1cccc(-c2ccc(-c3cccc(-c4ccc(C5Nc6ccccc6S5)cc4)c3)cc2)c1. The fourth-order valence-corrected chi connectivity index (χ4v) is 5.88. The molecule has 0 bridgehead atoms. The highest BCUT2D eigenvalue weighted by Crippen LogP contribution is 2.46. The molecule has 0 spiro atoms. The lowest BCUT2D eigenvalue weighted by molar-refractivity contribution is 1.13. The zero-order chi connectivity index (χ0) is 24.3. The monoisotopic (exact) mass is 481 g/mol. The van der Waals surface area contributed by atoms with Crippen molar-refractivity contribution >= 4 is 23.5 Å². The molecule has 1 nitrogen and oxygen atoms in total. The Balaban J connectivity index is 1.21. The maximum atomic E-state index is 3.63. The van der Waals surface area contributed by atoms with Crippen LogP contribution in [0.3, 0.4) is 0 Å². The van der Waals surface area contributed by atoms with E-state index in [0.29, 0.717) is 0 Å². The Morgan fingerprint density at radius 1 is 0.583 bits per heavy atom. The van der Waals surface area contributed by atoms with Crippen LogP contribution < -0.4 is 5.32 Å². The van der Waals surface area contributed by atoms with Crippen LogP contribution in [0, 0.1) is 0 Å². The van der Waals surface area contributed by atoms with Gasteiger partial charge in [0, 0.05) is 10.6 Å². The standard InChI is InChI=1S/C34H27NS/c1-2-7-24-8-5-9-29(22-24)25-14-16-26(17-15-25)30-10-6-11-31(23-30)27-18-20-28(21-19-27)34-35-32-12-3-4-13-33(32)36-34/h2-23,34-35H,1H3/b7-2+. The Labute approximate surface area is 217 Å². The number of thioether (sulfide) groups is 1. The fraction of sp³-hybridized carbons (Fsp3) is 0.0588. The highest BCUT2D eigenvalue weighted by atomic mass is 32.2. The number of para-hydroxylation sites is 1. The molecular weight excluding hydrogens is 454 g/mol. The smallest absolute Gasteiger partial charge is 0.103 e. The largest absolute Gasteiger partial charge is 0.368 e. The molecule has 1 atom stereocenters. The Kier molecular flexibility index (Phi) is 6.19. The van der Waals surface area contributed by atoms with Gasteiger partial charge in [0.1, 0.15) is 5.37 Å². The number of rotatable bonds is 5. The first-order valence-electron chi connectivity index (χ1n) is 12.3. The summed E-state index contributed by atoms with van der Waals surface area (Å²) in [6, 6.07) is 43.8. The minimum Gasteiger partial charge on any atom is -0.368 e. The first-order valence-corrected chi connectivity index (χ1v) is 13.2. The van der Waals surface area contributed by atoms with Crippen molar-refractivity contribution in [2.45, 2.75) is 17.2 Å². The summed E-state index contributed by atoms with van der Waals surface area (Å²) in [4.78, 5) is 1.32. The molecule has 5 aromatic rings. The van der Waals surface area contributed by atoms with Gasteiger partial charge in [-0.15, -0.1) is 0 Å². The molecule has 6 rings (SSSR count). The van der Waals surface area contributed by atoms with Crippen LogP contribution in [0.1, 0.15) is 23.4 Å². The zero-order valence-electron chi connectivity index (χ0n) is 20.2. The summed E-state index contributed by atoms with van der Waals surface area (Å²) >= 11 is 1.88. The molecule has 0 saturated heterocycles. The quantitative estimate of drug-likeness (QED) is 0.268. The summed E-state index contributed by atoms with van der Waals surface area (Å²) in [5, 5.41) is 3.89. The van der Waals surface area contributed by atoms with Gasteiger partial charge in [-0.05, 0) is 75.7 Å². The van der Waals surface area contributed by atoms with E-state index in [4.69, 9.17) is 0 Å². The third-order valence-electron chi connectivity index (χ3n) is 6.63. The van der Waals surface area contributed by atoms with Crippen LogP contribution in [0.2, 0.25) is 0 Å². The maximum absolute atomic E-state index is 3.63. The highest BCUT2D eigenvalue weighted by Gasteiger charge is 2.22. The van der Waals surface area contributed by atoms with Gasteiger partial charge in [-0.1, -0.05) is 121 Å². The first-order chi connectivity index (χ1) is 17.8. The number of fused-ring (bicyclic) bond motifs is 1. The van der Waals surface area contributed by atoms with Gasteiger partial charge in [0.15, 0.2) is 0 Å². The number of allylic oxidation sites excluding steroid dienone is 1. The lowest BCUT2D eigenvalue weighted by Gasteiger charge is -2.12. The predicted octanol–water partition coefficient (Wildman–Crippen LogP) is 9.94. The lowest BCUT2D eigenvalue weighted by Crippen LogP contribution is -2.00. The molecule has 174 valence electrons. The van der Waals surface area contributed by atoms with Crippen LogP contribution in [0.15, 0.2) is 132 Å². The number of hydrogen-bond donors (Lipinski definition) is 1. The second-order valence-electron chi connectivity index (χ2n) is 9.04. The lowest BCUT2D eigenvalue weighted by atomic mass is 9.96. The number of anilines is 1. The molecule has 0 radical (unpaired) electrons. The van der Waals surface area contributed by atoms with Gasteiger partial charge >= 0.3 is 0 Å². The predicted molar refractivity (Wildman–Crippen MR) is 156 cm³/mol. The van der Waals surface area contributed by atoms with E-state index in [1.165, 1.54) is 55.1 Å². The van der Waals surface area contributed by atoms with Crippen LogP contribution in [0.4, 0.5) is 5.69 Å². The van der Waals surface area contributed by atoms with Gasteiger partial charge < -0.3 is 5.32 Å². The van der Waals surface area contributed by atoms with Crippen molar-refractivity contribution in [3.8, 4) is 33.4 Å². The zero-order valence-corrected chi connectivity index (χ0v) is 21.0. The summed E-state index contributed by atoms with van der Waals surface area (Å²) in [5.74, 6) is 0. The normalized spacial score (nSPS) is 14.5. The maximum Gasteiger partial charge on any atom is 0.103 e. The van der Waals surface area contributed by atoms with E-state index in [1.807, 2.05) is 11.8 Å². The molecule has 2 heteroatoms. The molecule has 0 saturated carbocycles. The van der Waals surface area contributed by atoms with Crippen molar-refractivity contribution < 1.29 is 0 Å². The van der Waals surface area contributed by atoms with E-state index < -0.39 is 0 Å². The van der Waals surface area contributed by atoms with E-state index >= 15 is 0 Å². The summed E-state index contributed by atoms with van der Waals surface area (Å²) < 4.78 is 0. The average Bonchev–Trinajstić information content (AvgIpc) is 3.38. The van der Waals surface area contributed by atoms with Gasteiger partial charge in [0.25, 0.3) is 0 Å². The van der Waals surface area contributed by atoms with Crippen molar-refractivity contribution in [3.63, 3.8) is 0 Å². The molecule has 0 amide bonds. The fourth-order valence-electron chi connectivity index (χ4n) is 4.74. The van der Waals surface area contributed by atoms with Crippen molar-refractivity contribution in [1.29, 1.82) is 0 Å². The molecule has 1 aliphatic heterocycles. The highest BCUT2D eigenvalue weighted by molar-refractivity contribution is 8.00. The molecular formula is C34H27NS. The molecule has 0 fully saturated rings. The number of benzene rings is 5. The van der Waals surface area contributed by atoms with Crippen molar-refractivity contribution in [2.75, 3.05) is 5.32 Å². The van der Waals surface area contributed by atoms with Gasteiger partial charge in [0.2, 0.25) is 0 Å². The number of nitrogens with one attached hydrogen (secondary N) is 1. The van der Waals surface area contributed by atoms with Crippen LogP contribution in [0.5, 0.6) is 0 Å². The second kappa shape index (κ2) is 9.93. The summed E-state index contributed by atoms with van der Waals surface area (Å²) in [7, 11) is 0. The Morgan fingerprint density at radius 3 is 1.81 bits per heavy atom. The molecule has 5 aromatic carbocycles. The van der Waals surface area contributed by atoms with Crippen molar-refractivity contribution in [2.24, 2.45) is 0 Å². The van der Waals surface area contributed by atoms with E-state index in [2.05, 4.69) is 146 Å². The second-order valence-corrected chi connectivity index (χ2v) is 10.2. The topological polar surface area (TPSA) is 12.0 Å². The third kappa shape index (κ3) is 4.60. The van der Waals surface area contributed by atoms with E-state index in [-0.39, 0.29) is 5.37 Å². The van der Waals surface area contributed by atoms with Gasteiger partial charge in [-0.3, -0.25) is 0 Å². The summed E-state index contributed by atoms with van der Waals surface area (Å²) in [6.07, 6.45) is 4.21. The van der Waals surface area contributed by atoms with E-state index in [9.17, 15) is 0 Å². The average molecular weight is 482 g/mol. The minimum absolute atomic E-state index is 0.264. The molecule has 0 aromatic heterocycles. The van der Waals surface area contributed by atoms with Crippen LogP contribution >= 0.6 is 11.8 Å². The minimum atomic E-state index is 0.264. The summed E-state index contributed by atoms with van der Waals surface area (Å²) in [5.41, 5.74) is 11.1. The van der Waals surface area contributed by atoms with E-state index in [1.54, 1.807) is 0 Å². The molecule has 36 heavy (non-hydrogen) atoms. The third-order valence-corrected chi connectivity index (χ3v) is 7.86. The van der Waals surface area contributed by atoms with Gasteiger partial charge in [0.05, 0.1) is 0 Å². The molecule has 0 aliphatic carbocycles. The van der Waals surface area contributed by atoms with Gasteiger partial charge in [-0.2, -0.15) is 0 Å². The summed E-state index contributed by atoms with van der Waals surface area (Å²) in [6.45, 7) is 2.05. The van der Waals surface area contributed by atoms with Crippen LogP contribution in [0.25, 0.3) is 39.5 Å². The number of hydrogen-bond acceptors (Lipinski definition) is 2. The van der Waals surface area contributed by atoms with E-state index in [0.717, 1.165) is 0 Å². The van der Waals surface area contributed by atoms with Crippen LogP contribution in [-0.2, 0) is 0 Å². The van der Waals surface area contributed by atoms with Gasteiger partial charge in [-0.25, -0.2) is 0 Å². The van der Waals surface area contributed by atoms with Crippen LogP contribution in [-0.4, -0.2) is 0 Å². The molecule has 1 aliphatic rings. The molecule has 1 heterocycles. The van der Waals surface area contributed by atoms with Crippen molar-refractivity contribution in [1.82, 2.24) is 0 Å². The molecule has 1 N–H and O–H groups in total. The van der Waals surface area contributed by atoms with Crippen molar-refractivity contribution in [3.05, 3.63) is 139 Å². The Bertz CT molecular complexity index is 1510. The molecule has 1 unspecified atom stereocenters. The Hall–Kier alpha value is -4.01. The Morgan fingerprint density at radius 2 is 1.17 bits per heavy atom. The first kappa shape index (κ1) is 22.5.